The summed E-state index contributed by atoms with van der Waals surface area (Å²) in [5.74, 6) is 0.318. The van der Waals surface area contributed by atoms with Crippen LogP contribution < -0.4 is 20.1 Å². The summed E-state index contributed by atoms with van der Waals surface area (Å²) >= 11 is 0. The van der Waals surface area contributed by atoms with Crippen molar-refractivity contribution in [3.05, 3.63) is 84.2 Å². The molecule has 1 atom stereocenters. The molecule has 30 heavy (non-hydrogen) atoms. The Morgan fingerprint density at radius 3 is 2.47 bits per heavy atom. The van der Waals surface area contributed by atoms with E-state index in [-0.39, 0.29) is 11.8 Å². The Labute approximate surface area is 175 Å². The van der Waals surface area contributed by atoms with Crippen molar-refractivity contribution >= 4 is 17.5 Å². The summed E-state index contributed by atoms with van der Waals surface area (Å²) < 4.78 is 11.0. The number of ether oxygens (including phenoxy) is 2. The first-order valence-corrected chi connectivity index (χ1v) is 9.45. The minimum Gasteiger partial charge on any atom is -0.493 e. The van der Waals surface area contributed by atoms with Gasteiger partial charge in [-0.15, -0.1) is 0 Å². The topological polar surface area (TPSA) is 89.5 Å². The zero-order valence-electron chi connectivity index (χ0n) is 16.8. The van der Waals surface area contributed by atoms with Gasteiger partial charge in [-0.05, 0) is 42.8 Å². The van der Waals surface area contributed by atoms with Crippen LogP contribution in [0.1, 0.15) is 22.8 Å². The van der Waals surface area contributed by atoms with Gasteiger partial charge in [0, 0.05) is 18.9 Å². The third-order valence-corrected chi connectivity index (χ3v) is 4.35. The number of hydrogen-bond donors (Lipinski definition) is 2. The number of hydrogen-bond acceptors (Lipinski definition) is 5. The average molecular weight is 405 g/mol. The molecule has 0 aliphatic rings. The van der Waals surface area contributed by atoms with E-state index < -0.39 is 6.10 Å². The molecule has 0 saturated carbocycles. The molecule has 0 aliphatic heterocycles. The van der Waals surface area contributed by atoms with Crippen LogP contribution >= 0.6 is 0 Å². The normalized spacial score (nSPS) is 11.3. The van der Waals surface area contributed by atoms with Gasteiger partial charge in [0.1, 0.15) is 0 Å². The van der Waals surface area contributed by atoms with E-state index in [1.807, 2.05) is 12.1 Å². The Morgan fingerprint density at radius 1 is 1.00 bits per heavy atom. The third-order valence-electron chi connectivity index (χ3n) is 4.35. The maximum absolute atomic E-state index is 12.7. The highest BCUT2D eigenvalue weighted by molar-refractivity contribution is 6.04. The number of aromatic nitrogens is 1. The van der Waals surface area contributed by atoms with Gasteiger partial charge in [-0.1, -0.05) is 30.3 Å². The van der Waals surface area contributed by atoms with Crippen molar-refractivity contribution in [2.75, 3.05) is 12.4 Å². The smallest absolute Gasteiger partial charge is 0.265 e. The standard InChI is InChI=1S/C23H23N3O4/c1-16(30-21-12-6-5-11-20(21)29-2)22(27)26-19-10-4-3-9-18(19)23(28)25-15-17-8-7-13-24-14-17/h3-14,16H,15H2,1-2H3,(H,25,28)(H,26,27)/t16-/m1/s1. The van der Waals surface area contributed by atoms with Gasteiger partial charge in [0.25, 0.3) is 11.8 Å². The Bertz CT molecular complexity index is 1010. The fourth-order valence-corrected chi connectivity index (χ4v) is 2.76. The average Bonchev–Trinajstić information content (AvgIpc) is 2.78. The molecular weight excluding hydrogens is 382 g/mol. The first kappa shape index (κ1) is 20.9. The number of carbonyl (C=O) groups is 2. The summed E-state index contributed by atoms with van der Waals surface area (Å²) in [4.78, 5) is 29.3. The number of nitrogens with one attached hydrogen (secondary N) is 2. The van der Waals surface area contributed by atoms with Crippen LogP contribution in [0.3, 0.4) is 0 Å². The van der Waals surface area contributed by atoms with E-state index in [4.69, 9.17) is 9.47 Å². The molecule has 0 saturated heterocycles. The number of carbonyl (C=O) groups excluding carboxylic acids is 2. The molecule has 3 rings (SSSR count). The van der Waals surface area contributed by atoms with Crippen LogP contribution in [0.4, 0.5) is 5.69 Å². The van der Waals surface area contributed by atoms with E-state index in [1.165, 1.54) is 7.11 Å². The van der Waals surface area contributed by atoms with Crippen molar-refractivity contribution in [1.82, 2.24) is 10.3 Å². The summed E-state index contributed by atoms with van der Waals surface area (Å²) in [6, 6.07) is 17.6. The molecule has 1 heterocycles. The maximum Gasteiger partial charge on any atom is 0.265 e. The number of methoxy groups -OCH3 is 1. The molecule has 1 aromatic heterocycles. The summed E-state index contributed by atoms with van der Waals surface area (Å²) in [5.41, 5.74) is 1.65. The number of para-hydroxylation sites is 3. The van der Waals surface area contributed by atoms with Crippen LogP contribution in [0.5, 0.6) is 11.5 Å². The molecule has 0 aliphatic carbocycles. The Morgan fingerprint density at radius 2 is 1.73 bits per heavy atom. The van der Waals surface area contributed by atoms with Gasteiger partial charge in [-0.3, -0.25) is 14.6 Å². The third kappa shape index (κ3) is 5.35. The minimum atomic E-state index is -0.798. The zero-order valence-corrected chi connectivity index (χ0v) is 16.8. The summed E-state index contributed by atoms with van der Waals surface area (Å²) in [5, 5.41) is 5.60. The van der Waals surface area contributed by atoms with Crippen LogP contribution in [0, 0.1) is 0 Å². The van der Waals surface area contributed by atoms with E-state index in [0.29, 0.717) is 29.3 Å². The van der Waals surface area contributed by atoms with Crippen molar-refractivity contribution in [3.63, 3.8) is 0 Å². The molecule has 2 N–H and O–H groups in total. The second-order valence-corrected chi connectivity index (χ2v) is 6.49. The van der Waals surface area contributed by atoms with Crippen LogP contribution in [0.2, 0.25) is 0 Å². The fraction of sp³-hybridized carbons (Fsp3) is 0.174. The number of rotatable bonds is 8. The van der Waals surface area contributed by atoms with Gasteiger partial charge in [0.2, 0.25) is 0 Å². The molecule has 7 heteroatoms. The second-order valence-electron chi connectivity index (χ2n) is 6.49. The quantitative estimate of drug-likeness (QED) is 0.599. The SMILES string of the molecule is COc1ccccc1O[C@H](C)C(=O)Nc1ccccc1C(=O)NCc1cccnc1. The predicted octanol–water partition coefficient (Wildman–Crippen LogP) is 3.43. The van der Waals surface area contributed by atoms with Gasteiger partial charge in [-0.25, -0.2) is 0 Å². The Hall–Kier alpha value is -3.87. The Balaban J connectivity index is 1.66. The van der Waals surface area contributed by atoms with Gasteiger partial charge in [-0.2, -0.15) is 0 Å². The summed E-state index contributed by atoms with van der Waals surface area (Å²) in [6.45, 7) is 1.97. The highest BCUT2D eigenvalue weighted by atomic mass is 16.5. The second kappa shape index (κ2) is 10.1. The Kier molecular flexibility index (Phi) is 7.00. The lowest BCUT2D eigenvalue weighted by Gasteiger charge is -2.17. The fourth-order valence-electron chi connectivity index (χ4n) is 2.76. The molecule has 154 valence electrons. The van der Waals surface area contributed by atoms with Crippen molar-refractivity contribution in [3.8, 4) is 11.5 Å². The largest absolute Gasteiger partial charge is 0.493 e. The number of amides is 2. The number of pyridine rings is 1. The predicted molar refractivity (Wildman–Crippen MR) is 114 cm³/mol. The molecular formula is C23H23N3O4. The van der Waals surface area contributed by atoms with Crippen LogP contribution in [0.25, 0.3) is 0 Å². The van der Waals surface area contributed by atoms with Crippen molar-refractivity contribution in [1.29, 1.82) is 0 Å². The maximum atomic E-state index is 12.7. The van der Waals surface area contributed by atoms with E-state index in [0.717, 1.165) is 5.56 Å². The van der Waals surface area contributed by atoms with E-state index in [2.05, 4.69) is 15.6 Å². The molecule has 7 nitrogen and oxygen atoms in total. The number of anilines is 1. The number of nitrogens with zero attached hydrogens (tertiary/aromatic N) is 1. The molecule has 0 radical (unpaired) electrons. The molecule has 0 bridgehead atoms. The monoisotopic (exact) mass is 405 g/mol. The lowest BCUT2D eigenvalue weighted by atomic mass is 10.1. The van der Waals surface area contributed by atoms with Crippen LogP contribution in [-0.2, 0) is 11.3 Å². The molecule has 0 unspecified atom stereocenters. The van der Waals surface area contributed by atoms with Crippen molar-refractivity contribution in [2.45, 2.75) is 19.6 Å². The van der Waals surface area contributed by atoms with Gasteiger partial charge < -0.3 is 20.1 Å². The lowest BCUT2D eigenvalue weighted by molar-refractivity contribution is -0.122. The molecule has 2 aromatic carbocycles. The van der Waals surface area contributed by atoms with Gasteiger partial charge in [0.15, 0.2) is 17.6 Å². The molecule has 0 spiro atoms. The van der Waals surface area contributed by atoms with E-state index in [9.17, 15) is 9.59 Å². The van der Waals surface area contributed by atoms with Crippen LogP contribution in [0.15, 0.2) is 73.1 Å². The van der Waals surface area contributed by atoms with Crippen LogP contribution in [-0.4, -0.2) is 30.0 Å². The lowest BCUT2D eigenvalue weighted by Crippen LogP contribution is -2.31. The first-order valence-electron chi connectivity index (χ1n) is 9.45. The van der Waals surface area contributed by atoms with E-state index in [1.54, 1.807) is 67.8 Å². The zero-order chi connectivity index (χ0) is 21.3. The highest BCUT2D eigenvalue weighted by Crippen LogP contribution is 2.27. The molecule has 0 fully saturated rings. The summed E-state index contributed by atoms with van der Waals surface area (Å²) in [6.07, 6.45) is 2.56. The van der Waals surface area contributed by atoms with Gasteiger partial charge in [0.05, 0.1) is 18.4 Å². The van der Waals surface area contributed by atoms with Crippen molar-refractivity contribution < 1.29 is 19.1 Å². The van der Waals surface area contributed by atoms with Gasteiger partial charge >= 0.3 is 0 Å². The first-order chi connectivity index (χ1) is 14.6. The molecule has 2 amide bonds. The highest BCUT2D eigenvalue weighted by Gasteiger charge is 2.19. The van der Waals surface area contributed by atoms with Crippen molar-refractivity contribution in [2.24, 2.45) is 0 Å². The minimum absolute atomic E-state index is 0.298. The van der Waals surface area contributed by atoms with E-state index >= 15 is 0 Å². The number of benzene rings is 2. The molecule has 3 aromatic rings. The summed E-state index contributed by atoms with van der Waals surface area (Å²) in [7, 11) is 1.54.